The van der Waals surface area contributed by atoms with Crippen molar-refractivity contribution in [3.8, 4) is 11.5 Å². The Labute approximate surface area is 308 Å². The number of allylic oxidation sites excluding steroid dienone is 1. The van der Waals surface area contributed by atoms with Gasteiger partial charge >= 0.3 is 0 Å². The zero-order valence-electron chi connectivity index (χ0n) is 30.2. The fourth-order valence-electron chi connectivity index (χ4n) is 6.28. The third-order valence-corrected chi connectivity index (χ3v) is 9.66. The third-order valence-electron chi connectivity index (χ3n) is 9.66. The molecule has 0 bridgehead atoms. The van der Waals surface area contributed by atoms with Gasteiger partial charge in [0.15, 0.2) is 6.61 Å². The van der Waals surface area contributed by atoms with Gasteiger partial charge in [-0.05, 0) is 79.3 Å². The molecule has 0 saturated carbocycles. The van der Waals surface area contributed by atoms with E-state index in [0.717, 1.165) is 41.3 Å². The molecule has 1 fully saturated rings. The fourth-order valence-corrected chi connectivity index (χ4v) is 6.28. The van der Waals surface area contributed by atoms with E-state index < -0.39 is 17.9 Å². The number of nitrogens with one attached hydrogen (secondary N) is 2. The van der Waals surface area contributed by atoms with E-state index in [9.17, 15) is 19.2 Å². The van der Waals surface area contributed by atoms with Crippen molar-refractivity contribution < 1.29 is 33.2 Å². The molecule has 13 nitrogen and oxygen atoms in total. The smallest absolute Gasteiger partial charge is 0.295 e. The minimum absolute atomic E-state index is 0.0581. The van der Waals surface area contributed by atoms with Crippen LogP contribution in [-0.2, 0) is 16.8 Å². The van der Waals surface area contributed by atoms with Crippen molar-refractivity contribution >= 4 is 29.3 Å². The summed E-state index contributed by atoms with van der Waals surface area (Å²) < 4.78 is 17.0. The van der Waals surface area contributed by atoms with Crippen molar-refractivity contribution in [2.24, 2.45) is 0 Å². The zero-order chi connectivity index (χ0) is 37.5. The summed E-state index contributed by atoms with van der Waals surface area (Å²) in [4.78, 5) is 58.0. The molecule has 1 saturated heterocycles. The van der Waals surface area contributed by atoms with E-state index in [4.69, 9.17) is 14.0 Å². The summed E-state index contributed by atoms with van der Waals surface area (Å²) in [6.07, 6.45) is 4.15. The highest BCUT2D eigenvalue weighted by molar-refractivity contribution is 6.23. The Morgan fingerprint density at radius 3 is 2.25 bits per heavy atom. The monoisotopic (exact) mass is 720 g/mol. The highest BCUT2D eigenvalue weighted by atomic mass is 16.5. The van der Waals surface area contributed by atoms with Gasteiger partial charge in [-0.25, -0.2) is 0 Å². The van der Waals surface area contributed by atoms with Crippen LogP contribution in [0.25, 0.3) is 0 Å². The Balaban J connectivity index is 0.954. The number of aromatic nitrogens is 2. The van der Waals surface area contributed by atoms with Gasteiger partial charge in [-0.2, -0.15) is 4.98 Å². The fraction of sp³-hybridized carbons (Fsp3) is 0.350. The number of imide groups is 1. The quantitative estimate of drug-likeness (QED) is 0.0825. The standard InChI is InChI=1S/C40H44N6O7/c1-5-6-9-33(36(47)41-4)46-37(48)31-19-14-28(24-32(31)38(46)49)42-20-7-23-51-29-15-10-26(11-16-29)40(2,3)27-12-17-30(18-13-27)52-25-34-43-35(44-53-34)39(50)45-21-8-22-45/h5,10-19,24,33,42H,1,6-9,20-23,25H2,2-4H3,(H,41,47). The lowest BCUT2D eigenvalue weighted by Crippen LogP contribution is -2.48. The molecule has 13 heteroatoms. The molecular formula is C40H44N6O7. The molecule has 276 valence electrons. The number of rotatable bonds is 17. The second-order valence-electron chi connectivity index (χ2n) is 13.5. The molecule has 2 aliphatic heterocycles. The van der Waals surface area contributed by atoms with Gasteiger partial charge in [0, 0.05) is 37.8 Å². The van der Waals surface area contributed by atoms with Gasteiger partial charge in [-0.3, -0.25) is 24.1 Å². The zero-order valence-corrected chi connectivity index (χ0v) is 30.2. The molecule has 6 rings (SSSR count). The predicted octanol–water partition coefficient (Wildman–Crippen LogP) is 5.38. The number of likely N-dealkylation sites (N-methyl/N-ethyl adjacent to an activating group) is 1. The Morgan fingerprint density at radius 2 is 1.62 bits per heavy atom. The molecule has 2 N–H and O–H groups in total. The van der Waals surface area contributed by atoms with Crippen LogP contribution >= 0.6 is 0 Å². The first-order valence-corrected chi connectivity index (χ1v) is 17.8. The van der Waals surface area contributed by atoms with Crippen molar-refractivity contribution in [1.29, 1.82) is 0 Å². The van der Waals surface area contributed by atoms with Crippen molar-refractivity contribution in [1.82, 2.24) is 25.3 Å². The normalized spacial score (nSPS) is 14.3. The lowest BCUT2D eigenvalue weighted by Gasteiger charge is -2.29. The van der Waals surface area contributed by atoms with Gasteiger partial charge in [0.1, 0.15) is 17.5 Å². The first-order chi connectivity index (χ1) is 25.6. The van der Waals surface area contributed by atoms with Crippen molar-refractivity contribution in [3.63, 3.8) is 0 Å². The van der Waals surface area contributed by atoms with Gasteiger partial charge < -0.3 is 29.5 Å². The summed E-state index contributed by atoms with van der Waals surface area (Å²) in [6, 6.07) is 20.0. The van der Waals surface area contributed by atoms with Crippen molar-refractivity contribution in [2.75, 3.05) is 38.6 Å². The summed E-state index contributed by atoms with van der Waals surface area (Å²) in [5.41, 5.74) is 3.22. The number of fused-ring (bicyclic) bond motifs is 1. The number of amides is 4. The van der Waals surface area contributed by atoms with E-state index in [-0.39, 0.29) is 46.7 Å². The molecule has 0 radical (unpaired) electrons. The third kappa shape index (κ3) is 8.09. The summed E-state index contributed by atoms with van der Waals surface area (Å²) in [5.74, 6) is 0.155. The summed E-state index contributed by atoms with van der Waals surface area (Å²) in [7, 11) is 1.49. The van der Waals surface area contributed by atoms with E-state index in [0.29, 0.717) is 43.9 Å². The number of carbonyl (C=O) groups excluding carboxylic acids is 4. The minimum Gasteiger partial charge on any atom is -0.494 e. The lowest BCUT2D eigenvalue weighted by atomic mass is 9.78. The van der Waals surface area contributed by atoms with Gasteiger partial charge in [0.25, 0.3) is 29.4 Å². The molecule has 4 amide bonds. The van der Waals surface area contributed by atoms with Crippen LogP contribution < -0.4 is 20.1 Å². The van der Waals surface area contributed by atoms with Gasteiger partial charge in [-0.1, -0.05) is 49.3 Å². The Kier molecular flexibility index (Phi) is 11.2. The van der Waals surface area contributed by atoms with Crippen molar-refractivity contribution in [2.45, 2.75) is 57.6 Å². The average molecular weight is 721 g/mol. The maximum atomic E-state index is 13.2. The number of likely N-dealkylation sites (tertiary alicyclic amines) is 1. The van der Waals surface area contributed by atoms with Crippen LogP contribution in [0.2, 0.25) is 0 Å². The van der Waals surface area contributed by atoms with E-state index in [2.05, 4.69) is 53.3 Å². The number of anilines is 1. The first kappa shape index (κ1) is 36.8. The highest BCUT2D eigenvalue weighted by Crippen LogP contribution is 2.34. The van der Waals surface area contributed by atoms with Crippen LogP contribution in [0.1, 0.15) is 87.9 Å². The molecule has 1 atom stereocenters. The van der Waals surface area contributed by atoms with E-state index in [1.54, 1.807) is 29.2 Å². The molecule has 53 heavy (non-hydrogen) atoms. The second kappa shape index (κ2) is 16.1. The van der Waals surface area contributed by atoms with Gasteiger partial charge in [-0.15, -0.1) is 6.58 Å². The molecule has 3 aromatic carbocycles. The highest BCUT2D eigenvalue weighted by Gasteiger charge is 2.42. The maximum absolute atomic E-state index is 13.2. The van der Waals surface area contributed by atoms with Crippen LogP contribution in [0.15, 0.2) is 83.9 Å². The maximum Gasteiger partial charge on any atom is 0.295 e. The average Bonchev–Trinajstić information content (AvgIpc) is 3.72. The number of nitrogens with zero attached hydrogens (tertiary/aromatic N) is 4. The predicted molar refractivity (Wildman–Crippen MR) is 197 cm³/mol. The number of hydrogen-bond acceptors (Lipinski definition) is 10. The SMILES string of the molecule is C=CCCC(C(=O)NC)N1C(=O)c2ccc(NCCCOc3ccc(C(C)(C)c4ccc(OCc5nc(C(=O)N6CCC6)no5)cc4)cc3)cc2C1=O. The minimum atomic E-state index is -0.897. The van der Waals surface area contributed by atoms with Crippen molar-refractivity contribution in [3.05, 3.63) is 113 Å². The van der Waals surface area contributed by atoms with Crippen LogP contribution in [0.4, 0.5) is 5.69 Å². The first-order valence-electron chi connectivity index (χ1n) is 17.8. The van der Waals surface area contributed by atoms with Gasteiger partial charge in [0.05, 0.1) is 17.7 Å². The van der Waals surface area contributed by atoms with Crippen LogP contribution in [0.5, 0.6) is 11.5 Å². The van der Waals surface area contributed by atoms with E-state index in [1.165, 1.54) is 7.05 Å². The van der Waals surface area contributed by atoms with Gasteiger partial charge in [0.2, 0.25) is 5.91 Å². The van der Waals surface area contributed by atoms with Crippen LogP contribution in [0.3, 0.4) is 0 Å². The second-order valence-corrected chi connectivity index (χ2v) is 13.5. The van der Waals surface area contributed by atoms with Crippen LogP contribution in [0, 0.1) is 0 Å². The molecular weight excluding hydrogens is 676 g/mol. The molecule has 0 spiro atoms. The Bertz CT molecular complexity index is 1970. The molecule has 0 aliphatic carbocycles. The topological polar surface area (TPSA) is 156 Å². The summed E-state index contributed by atoms with van der Waals surface area (Å²) >= 11 is 0. The number of ether oxygens (including phenoxy) is 2. The molecule has 1 unspecified atom stereocenters. The Morgan fingerprint density at radius 1 is 0.962 bits per heavy atom. The molecule has 1 aromatic heterocycles. The van der Waals surface area contributed by atoms with E-state index >= 15 is 0 Å². The van der Waals surface area contributed by atoms with Crippen LogP contribution in [-0.4, -0.2) is 82.9 Å². The summed E-state index contributed by atoms with van der Waals surface area (Å²) in [5, 5.41) is 9.64. The number of carbonyl (C=O) groups is 4. The largest absolute Gasteiger partial charge is 0.494 e. The molecule has 3 heterocycles. The number of hydrogen-bond donors (Lipinski definition) is 2. The Hall–Kier alpha value is -5.98. The van der Waals surface area contributed by atoms with E-state index in [1.807, 2.05) is 36.4 Å². The summed E-state index contributed by atoms with van der Waals surface area (Å²) in [6.45, 7) is 10.6. The molecule has 2 aliphatic rings. The molecule has 4 aromatic rings. The lowest BCUT2D eigenvalue weighted by molar-refractivity contribution is -0.124. The number of benzene rings is 3.